The van der Waals surface area contributed by atoms with Crippen LogP contribution < -0.4 is 5.32 Å². The first-order chi connectivity index (χ1) is 9.68. The minimum atomic E-state index is -4.58. The molecule has 1 N–H and O–H groups in total. The standard InChI is InChI=1S/C12H8Cl2F3N3O/c1-20-10(12(15,16)17)5-9(19-20)11(21)18-6-2-3-7(13)8(14)4-6/h2-5H,1H3,(H,18,21). The van der Waals surface area contributed by atoms with Gasteiger partial charge in [0.15, 0.2) is 5.69 Å². The average Bonchev–Trinajstić information content (AvgIpc) is 2.76. The lowest BCUT2D eigenvalue weighted by Gasteiger charge is -2.04. The van der Waals surface area contributed by atoms with Crippen LogP contribution in [-0.4, -0.2) is 15.7 Å². The van der Waals surface area contributed by atoms with E-state index in [1.807, 2.05) is 0 Å². The third-order valence-electron chi connectivity index (χ3n) is 2.58. The number of halogens is 5. The fourth-order valence-corrected chi connectivity index (χ4v) is 1.91. The second-order valence-electron chi connectivity index (χ2n) is 4.12. The average molecular weight is 338 g/mol. The number of benzene rings is 1. The molecule has 0 aliphatic rings. The zero-order valence-electron chi connectivity index (χ0n) is 10.5. The highest BCUT2D eigenvalue weighted by molar-refractivity contribution is 6.42. The fourth-order valence-electron chi connectivity index (χ4n) is 1.61. The second kappa shape index (κ2) is 5.57. The van der Waals surface area contributed by atoms with Crippen molar-refractivity contribution in [2.75, 3.05) is 5.32 Å². The van der Waals surface area contributed by atoms with Crippen LogP contribution in [0.25, 0.3) is 0 Å². The van der Waals surface area contributed by atoms with Crippen molar-refractivity contribution < 1.29 is 18.0 Å². The highest BCUT2D eigenvalue weighted by Crippen LogP contribution is 2.29. The maximum atomic E-state index is 12.6. The molecule has 0 bridgehead atoms. The normalized spacial score (nSPS) is 11.5. The Hall–Kier alpha value is -1.73. The van der Waals surface area contributed by atoms with Gasteiger partial charge >= 0.3 is 6.18 Å². The summed E-state index contributed by atoms with van der Waals surface area (Å²) in [5.74, 6) is -0.778. The van der Waals surface area contributed by atoms with Crippen LogP contribution in [0.5, 0.6) is 0 Å². The number of nitrogens with one attached hydrogen (secondary N) is 1. The summed E-state index contributed by atoms with van der Waals surface area (Å²) in [7, 11) is 1.11. The smallest absolute Gasteiger partial charge is 0.321 e. The molecule has 9 heteroatoms. The summed E-state index contributed by atoms with van der Waals surface area (Å²) in [5.41, 5.74) is -1.06. The van der Waals surface area contributed by atoms with Crippen molar-refractivity contribution in [2.45, 2.75) is 6.18 Å². The summed E-state index contributed by atoms with van der Waals surface area (Å²) in [6.07, 6.45) is -4.58. The number of carbonyl (C=O) groups excluding carboxylic acids is 1. The summed E-state index contributed by atoms with van der Waals surface area (Å²) >= 11 is 11.5. The van der Waals surface area contributed by atoms with Gasteiger partial charge in [-0.05, 0) is 18.2 Å². The fraction of sp³-hybridized carbons (Fsp3) is 0.167. The molecule has 112 valence electrons. The maximum absolute atomic E-state index is 12.6. The van der Waals surface area contributed by atoms with Gasteiger partial charge in [0.25, 0.3) is 5.91 Å². The van der Waals surface area contributed by atoms with Gasteiger partial charge in [-0.1, -0.05) is 23.2 Å². The van der Waals surface area contributed by atoms with Gasteiger partial charge in [0, 0.05) is 18.8 Å². The molecule has 0 atom stereocenters. The number of aromatic nitrogens is 2. The summed E-state index contributed by atoms with van der Waals surface area (Å²) in [5, 5.41) is 6.44. The van der Waals surface area contributed by atoms with Gasteiger partial charge < -0.3 is 5.32 Å². The molecule has 1 heterocycles. The molecule has 1 aromatic carbocycles. The molecule has 0 saturated carbocycles. The van der Waals surface area contributed by atoms with Gasteiger partial charge in [0.2, 0.25) is 0 Å². The van der Waals surface area contributed by atoms with E-state index in [0.717, 1.165) is 7.05 Å². The Morgan fingerprint density at radius 3 is 2.43 bits per heavy atom. The lowest BCUT2D eigenvalue weighted by atomic mass is 10.3. The number of rotatable bonds is 2. The van der Waals surface area contributed by atoms with Crippen LogP contribution in [0.3, 0.4) is 0 Å². The van der Waals surface area contributed by atoms with Crippen LogP contribution in [-0.2, 0) is 13.2 Å². The van der Waals surface area contributed by atoms with E-state index < -0.39 is 17.8 Å². The largest absolute Gasteiger partial charge is 0.433 e. The van der Waals surface area contributed by atoms with E-state index in [4.69, 9.17) is 23.2 Å². The molecule has 0 saturated heterocycles. The molecule has 0 aliphatic heterocycles. The third-order valence-corrected chi connectivity index (χ3v) is 3.32. The van der Waals surface area contributed by atoms with E-state index in [1.165, 1.54) is 18.2 Å². The number of carbonyl (C=O) groups is 1. The van der Waals surface area contributed by atoms with E-state index in [2.05, 4.69) is 10.4 Å². The van der Waals surface area contributed by atoms with Gasteiger partial charge in [-0.3, -0.25) is 9.48 Å². The minimum absolute atomic E-state index is 0.214. The van der Waals surface area contributed by atoms with Crippen LogP contribution in [0.2, 0.25) is 10.0 Å². The first-order valence-electron chi connectivity index (χ1n) is 5.56. The number of hydrogen-bond donors (Lipinski definition) is 1. The van der Waals surface area contributed by atoms with Crippen molar-refractivity contribution in [2.24, 2.45) is 7.05 Å². The van der Waals surface area contributed by atoms with Gasteiger partial charge in [0.1, 0.15) is 5.69 Å². The second-order valence-corrected chi connectivity index (χ2v) is 4.93. The highest BCUT2D eigenvalue weighted by Gasteiger charge is 2.35. The van der Waals surface area contributed by atoms with E-state index in [1.54, 1.807) is 0 Å². The van der Waals surface area contributed by atoms with Gasteiger partial charge in [0.05, 0.1) is 10.0 Å². The van der Waals surface area contributed by atoms with Crippen molar-refractivity contribution in [3.63, 3.8) is 0 Å². The zero-order chi connectivity index (χ0) is 15.8. The Balaban J connectivity index is 2.23. The quantitative estimate of drug-likeness (QED) is 0.900. The maximum Gasteiger partial charge on any atom is 0.433 e. The molecule has 4 nitrogen and oxygen atoms in total. The molecule has 0 aliphatic carbocycles. The first kappa shape index (κ1) is 15.7. The molecular formula is C12H8Cl2F3N3O. The Kier molecular flexibility index (Phi) is 4.15. The van der Waals surface area contributed by atoms with Crippen molar-refractivity contribution in [3.8, 4) is 0 Å². The monoisotopic (exact) mass is 337 g/mol. The first-order valence-corrected chi connectivity index (χ1v) is 6.31. The molecule has 2 aromatic rings. The Labute approximate surface area is 127 Å². The predicted octanol–water partition coefficient (Wildman–Crippen LogP) is 4.00. The van der Waals surface area contributed by atoms with Crippen LogP contribution in [0.4, 0.5) is 18.9 Å². The van der Waals surface area contributed by atoms with E-state index in [9.17, 15) is 18.0 Å². The number of alkyl halides is 3. The van der Waals surface area contributed by atoms with Gasteiger partial charge in [-0.15, -0.1) is 0 Å². The van der Waals surface area contributed by atoms with Crippen molar-refractivity contribution >= 4 is 34.8 Å². The number of aryl methyl sites for hydroxylation is 1. The van der Waals surface area contributed by atoms with Gasteiger partial charge in [-0.2, -0.15) is 18.3 Å². The molecule has 0 spiro atoms. The summed E-state index contributed by atoms with van der Waals surface area (Å²) < 4.78 is 38.5. The topological polar surface area (TPSA) is 46.9 Å². The predicted molar refractivity (Wildman–Crippen MR) is 72.6 cm³/mol. The molecule has 2 rings (SSSR count). The summed E-state index contributed by atoms with van der Waals surface area (Å²) in [4.78, 5) is 11.9. The number of anilines is 1. The van der Waals surface area contributed by atoms with Crippen LogP contribution in [0.1, 0.15) is 16.2 Å². The Morgan fingerprint density at radius 1 is 1.24 bits per heavy atom. The molecule has 0 unspecified atom stereocenters. The lowest BCUT2D eigenvalue weighted by molar-refractivity contribution is -0.143. The minimum Gasteiger partial charge on any atom is -0.321 e. The van der Waals surface area contributed by atoms with E-state index in [-0.39, 0.29) is 10.7 Å². The summed E-state index contributed by atoms with van der Waals surface area (Å²) in [6, 6.07) is 4.99. The molecular weight excluding hydrogens is 330 g/mol. The Morgan fingerprint density at radius 2 is 1.90 bits per heavy atom. The third kappa shape index (κ3) is 3.48. The van der Waals surface area contributed by atoms with Crippen LogP contribution in [0, 0.1) is 0 Å². The number of nitrogens with zero attached hydrogens (tertiary/aromatic N) is 2. The highest BCUT2D eigenvalue weighted by atomic mass is 35.5. The van der Waals surface area contributed by atoms with Crippen LogP contribution >= 0.6 is 23.2 Å². The van der Waals surface area contributed by atoms with Gasteiger partial charge in [-0.25, -0.2) is 0 Å². The molecule has 1 aromatic heterocycles. The zero-order valence-corrected chi connectivity index (χ0v) is 12.0. The van der Waals surface area contributed by atoms with E-state index in [0.29, 0.717) is 21.5 Å². The number of amides is 1. The SMILES string of the molecule is Cn1nc(C(=O)Nc2ccc(Cl)c(Cl)c2)cc1C(F)(F)F. The van der Waals surface area contributed by atoms with Crippen molar-refractivity contribution in [1.29, 1.82) is 0 Å². The van der Waals surface area contributed by atoms with E-state index >= 15 is 0 Å². The van der Waals surface area contributed by atoms with Crippen molar-refractivity contribution in [3.05, 3.63) is 45.7 Å². The molecule has 0 radical (unpaired) electrons. The summed E-state index contributed by atoms with van der Waals surface area (Å²) in [6.45, 7) is 0. The molecule has 0 fully saturated rings. The number of hydrogen-bond acceptors (Lipinski definition) is 2. The van der Waals surface area contributed by atoms with Crippen molar-refractivity contribution in [1.82, 2.24) is 9.78 Å². The Bertz CT molecular complexity index is 698. The lowest BCUT2D eigenvalue weighted by Crippen LogP contribution is -2.13. The molecule has 1 amide bonds. The van der Waals surface area contributed by atoms with Crippen LogP contribution in [0.15, 0.2) is 24.3 Å². The molecule has 21 heavy (non-hydrogen) atoms.